The quantitative estimate of drug-likeness (QED) is 0.619. The fourth-order valence-corrected chi connectivity index (χ4v) is 1.89. The van der Waals surface area contributed by atoms with E-state index >= 15 is 0 Å². The Bertz CT molecular complexity index is 600. The zero-order chi connectivity index (χ0) is 13.7. The van der Waals surface area contributed by atoms with Gasteiger partial charge in [-0.25, -0.2) is 0 Å². The van der Waals surface area contributed by atoms with E-state index in [1.54, 1.807) is 31.4 Å². The minimum absolute atomic E-state index is 0.0182. The average molecular weight is 317 g/mol. The van der Waals surface area contributed by atoms with Crippen molar-refractivity contribution in [2.75, 3.05) is 7.11 Å². The van der Waals surface area contributed by atoms with Crippen LogP contribution in [0.1, 0.15) is 15.9 Å². The van der Waals surface area contributed by atoms with Crippen LogP contribution in [0.25, 0.3) is 6.08 Å². The Kier molecular flexibility index (Phi) is 4.53. The maximum Gasteiger partial charge on any atom is 0.185 e. The summed E-state index contributed by atoms with van der Waals surface area (Å²) < 4.78 is 6.09. The summed E-state index contributed by atoms with van der Waals surface area (Å²) in [6, 6.07) is 14.9. The van der Waals surface area contributed by atoms with Crippen molar-refractivity contribution in [2.24, 2.45) is 0 Å². The molecule has 0 aliphatic rings. The van der Waals surface area contributed by atoms with Gasteiger partial charge in [0, 0.05) is 10.0 Å². The van der Waals surface area contributed by atoms with Gasteiger partial charge in [-0.2, -0.15) is 0 Å². The molecule has 0 aliphatic heterocycles. The lowest BCUT2D eigenvalue weighted by molar-refractivity contribution is 0.104. The molecule has 0 heterocycles. The highest BCUT2D eigenvalue weighted by Gasteiger charge is 2.01. The molecule has 0 unspecified atom stereocenters. The number of benzene rings is 2. The smallest absolute Gasteiger partial charge is 0.185 e. The molecule has 19 heavy (non-hydrogen) atoms. The van der Waals surface area contributed by atoms with Crippen LogP contribution in [0.15, 0.2) is 59.1 Å². The lowest BCUT2D eigenvalue weighted by Gasteiger charge is -2.00. The molecule has 2 rings (SSSR count). The molecule has 0 spiro atoms. The number of ether oxygens (including phenoxy) is 1. The van der Waals surface area contributed by atoms with E-state index in [0.717, 1.165) is 15.8 Å². The van der Waals surface area contributed by atoms with E-state index in [1.807, 2.05) is 36.4 Å². The third kappa shape index (κ3) is 3.80. The van der Waals surface area contributed by atoms with Crippen molar-refractivity contribution < 1.29 is 9.53 Å². The summed E-state index contributed by atoms with van der Waals surface area (Å²) >= 11 is 3.34. The Morgan fingerprint density at radius 1 is 1.16 bits per heavy atom. The highest BCUT2D eigenvalue weighted by Crippen LogP contribution is 2.15. The summed E-state index contributed by atoms with van der Waals surface area (Å²) in [5.74, 6) is 0.758. The molecule has 0 fully saturated rings. The second-order valence-electron chi connectivity index (χ2n) is 3.98. The first-order valence-corrected chi connectivity index (χ1v) is 6.60. The van der Waals surface area contributed by atoms with Crippen LogP contribution in [0.2, 0.25) is 0 Å². The predicted molar refractivity (Wildman–Crippen MR) is 80.5 cm³/mol. The summed E-state index contributed by atoms with van der Waals surface area (Å²) in [7, 11) is 1.62. The van der Waals surface area contributed by atoms with E-state index < -0.39 is 0 Å². The van der Waals surface area contributed by atoms with Crippen molar-refractivity contribution in [2.45, 2.75) is 0 Å². The predicted octanol–water partition coefficient (Wildman–Crippen LogP) is 4.35. The van der Waals surface area contributed by atoms with Gasteiger partial charge in [-0.15, -0.1) is 0 Å². The van der Waals surface area contributed by atoms with Crippen LogP contribution in [0.4, 0.5) is 0 Å². The fraction of sp³-hybridized carbons (Fsp3) is 0.0625. The molecule has 2 nitrogen and oxygen atoms in total. The number of rotatable bonds is 4. The molecule has 2 aromatic rings. The van der Waals surface area contributed by atoms with Crippen LogP contribution < -0.4 is 4.74 Å². The molecule has 3 heteroatoms. The van der Waals surface area contributed by atoms with Gasteiger partial charge in [-0.1, -0.05) is 34.1 Å². The van der Waals surface area contributed by atoms with Crippen LogP contribution in [-0.4, -0.2) is 12.9 Å². The Labute approximate surface area is 120 Å². The van der Waals surface area contributed by atoms with E-state index in [-0.39, 0.29) is 5.78 Å². The highest BCUT2D eigenvalue weighted by atomic mass is 79.9. The third-order valence-electron chi connectivity index (χ3n) is 2.65. The topological polar surface area (TPSA) is 26.3 Å². The molecule has 0 radical (unpaired) electrons. The Morgan fingerprint density at radius 2 is 1.89 bits per heavy atom. The normalized spacial score (nSPS) is 10.6. The first kappa shape index (κ1) is 13.6. The van der Waals surface area contributed by atoms with E-state index in [4.69, 9.17) is 4.74 Å². The molecular formula is C16H13BrO2. The van der Waals surface area contributed by atoms with Gasteiger partial charge in [0.2, 0.25) is 0 Å². The second-order valence-corrected chi connectivity index (χ2v) is 4.90. The molecular weight excluding hydrogens is 304 g/mol. The number of ketones is 1. The number of allylic oxidation sites excluding steroid dienone is 1. The van der Waals surface area contributed by atoms with Gasteiger partial charge < -0.3 is 4.74 Å². The monoisotopic (exact) mass is 316 g/mol. The standard InChI is InChI=1S/C16H13BrO2/c1-19-15-4-2-3-12(11-15)5-10-16(18)13-6-8-14(17)9-7-13/h2-11H,1H3/b10-5-. The number of carbonyl (C=O) groups excluding carboxylic acids is 1. The van der Waals surface area contributed by atoms with Crippen molar-refractivity contribution >= 4 is 27.8 Å². The molecule has 0 saturated heterocycles. The van der Waals surface area contributed by atoms with Crippen LogP contribution in [-0.2, 0) is 0 Å². The van der Waals surface area contributed by atoms with E-state index in [9.17, 15) is 4.79 Å². The van der Waals surface area contributed by atoms with E-state index in [0.29, 0.717) is 5.56 Å². The minimum atomic E-state index is -0.0182. The molecule has 0 aromatic heterocycles. The summed E-state index contributed by atoms with van der Waals surface area (Å²) in [5.41, 5.74) is 1.60. The number of methoxy groups -OCH3 is 1. The Morgan fingerprint density at radius 3 is 2.58 bits per heavy atom. The van der Waals surface area contributed by atoms with Crippen molar-refractivity contribution in [3.63, 3.8) is 0 Å². The van der Waals surface area contributed by atoms with Crippen LogP contribution in [0.5, 0.6) is 5.75 Å². The molecule has 0 amide bonds. The highest BCUT2D eigenvalue weighted by molar-refractivity contribution is 9.10. The maximum atomic E-state index is 12.0. The fourth-order valence-electron chi connectivity index (χ4n) is 1.63. The van der Waals surface area contributed by atoms with Crippen LogP contribution in [0.3, 0.4) is 0 Å². The molecule has 0 bridgehead atoms. The number of halogens is 1. The van der Waals surface area contributed by atoms with E-state index in [1.165, 1.54) is 0 Å². The van der Waals surface area contributed by atoms with Crippen molar-refractivity contribution in [1.82, 2.24) is 0 Å². The average Bonchev–Trinajstić information content (AvgIpc) is 2.46. The summed E-state index contributed by atoms with van der Waals surface area (Å²) in [6.07, 6.45) is 3.35. The van der Waals surface area contributed by atoms with Gasteiger partial charge in [0.25, 0.3) is 0 Å². The maximum absolute atomic E-state index is 12.0. The molecule has 0 N–H and O–H groups in total. The zero-order valence-electron chi connectivity index (χ0n) is 10.5. The van der Waals surface area contributed by atoms with Gasteiger partial charge in [0.15, 0.2) is 5.78 Å². The summed E-state index contributed by atoms with van der Waals surface area (Å²) in [6.45, 7) is 0. The largest absolute Gasteiger partial charge is 0.497 e. The van der Waals surface area contributed by atoms with Crippen LogP contribution in [0, 0.1) is 0 Å². The third-order valence-corrected chi connectivity index (χ3v) is 3.18. The Hall–Kier alpha value is -1.87. The van der Waals surface area contributed by atoms with Crippen molar-refractivity contribution in [3.8, 4) is 5.75 Å². The summed E-state index contributed by atoms with van der Waals surface area (Å²) in [4.78, 5) is 12.0. The lowest BCUT2D eigenvalue weighted by atomic mass is 10.1. The van der Waals surface area contributed by atoms with Crippen molar-refractivity contribution in [1.29, 1.82) is 0 Å². The van der Waals surface area contributed by atoms with Gasteiger partial charge in [0.05, 0.1) is 7.11 Å². The SMILES string of the molecule is COc1cccc(/C=C\C(=O)c2ccc(Br)cc2)c1. The second kappa shape index (κ2) is 6.34. The van der Waals surface area contributed by atoms with Crippen LogP contribution >= 0.6 is 15.9 Å². The van der Waals surface area contributed by atoms with E-state index in [2.05, 4.69) is 15.9 Å². The van der Waals surface area contributed by atoms with Gasteiger partial charge >= 0.3 is 0 Å². The molecule has 2 aromatic carbocycles. The summed E-state index contributed by atoms with van der Waals surface area (Å²) in [5, 5.41) is 0. The number of carbonyl (C=O) groups is 1. The lowest BCUT2D eigenvalue weighted by Crippen LogP contribution is -1.93. The van der Waals surface area contributed by atoms with Gasteiger partial charge in [-0.05, 0) is 48.0 Å². The molecule has 96 valence electrons. The molecule has 0 atom stereocenters. The molecule has 0 saturated carbocycles. The minimum Gasteiger partial charge on any atom is -0.497 e. The Balaban J connectivity index is 2.13. The van der Waals surface area contributed by atoms with Gasteiger partial charge in [-0.3, -0.25) is 4.79 Å². The first-order valence-electron chi connectivity index (χ1n) is 5.81. The zero-order valence-corrected chi connectivity index (χ0v) is 12.1. The van der Waals surface area contributed by atoms with Gasteiger partial charge in [0.1, 0.15) is 5.75 Å². The number of hydrogen-bond donors (Lipinski definition) is 0. The van der Waals surface area contributed by atoms with Crippen molar-refractivity contribution in [3.05, 3.63) is 70.2 Å². The first-order chi connectivity index (χ1) is 9.19. The number of hydrogen-bond acceptors (Lipinski definition) is 2. The molecule has 0 aliphatic carbocycles.